The number of thioether (sulfide) groups is 1. The normalized spacial score (nSPS) is 22.2. The van der Waals surface area contributed by atoms with E-state index < -0.39 is 12.0 Å². The van der Waals surface area contributed by atoms with Crippen molar-refractivity contribution in [3.63, 3.8) is 0 Å². The van der Waals surface area contributed by atoms with Gasteiger partial charge in [0.25, 0.3) is 0 Å². The summed E-state index contributed by atoms with van der Waals surface area (Å²) in [6, 6.07) is 6.56. The summed E-state index contributed by atoms with van der Waals surface area (Å²) < 4.78 is 5.26. The number of amides is 1. The molecule has 3 rings (SSSR count). The minimum atomic E-state index is -0.575. The summed E-state index contributed by atoms with van der Waals surface area (Å²) >= 11 is 7.45. The maximum Gasteiger partial charge on any atom is 0.338 e. The quantitative estimate of drug-likeness (QED) is 0.560. The average molecular weight is 391 g/mol. The minimum absolute atomic E-state index is 0.0438. The second kappa shape index (κ2) is 7.68. The highest BCUT2D eigenvalue weighted by Gasteiger charge is 2.47. The predicted octanol–water partition coefficient (Wildman–Crippen LogP) is 4.11. The van der Waals surface area contributed by atoms with Gasteiger partial charge in [-0.05, 0) is 31.0 Å². The molecule has 26 heavy (non-hydrogen) atoms. The van der Waals surface area contributed by atoms with Crippen molar-refractivity contribution in [3.05, 3.63) is 58.8 Å². The van der Waals surface area contributed by atoms with Crippen LogP contribution in [0.1, 0.15) is 31.9 Å². The van der Waals surface area contributed by atoms with E-state index in [1.807, 2.05) is 19.1 Å². The van der Waals surface area contributed by atoms with Crippen molar-refractivity contribution in [3.8, 4) is 0 Å². The standard InChI is InChI=1S/C19H19ClN2O3S/c1-4-10-25-18(24)15-11(3)21-19-22(17(23)14(5-2)26-19)16(15)12-6-8-13(20)9-7-12/h4,6-9,14,16H,1,5,10H2,2-3H3/t14-,16+/m0/s1. The van der Waals surface area contributed by atoms with Gasteiger partial charge in [-0.25, -0.2) is 9.79 Å². The van der Waals surface area contributed by atoms with Crippen molar-refractivity contribution in [1.82, 2.24) is 4.90 Å². The molecule has 2 aliphatic heterocycles. The maximum atomic E-state index is 12.9. The Bertz CT molecular complexity index is 817. The van der Waals surface area contributed by atoms with E-state index in [9.17, 15) is 9.59 Å². The van der Waals surface area contributed by atoms with Gasteiger partial charge in [0.1, 0.15) is 6.61 Å². The predicted molar refractivity (Wildman–Crippen MR) is 104 cm³/mol. The second-order valence-electron chi connectivity index (χ2n) is 5.96. The van der Waals surface area contributed by atoms with Crippen molar-refractivity contribution < 1.29 is 14.3 Å². The van der Waals surface area contributed by atoms with Crippen LogP contribution in [-0.4, -0.2) is 33.8 Å². The molecule has 0 aliphatic carbocycles. The molecule has 0 N–H and O–H groups in total. The van der Waals surface area contributed by atoms with E-state index in [1.54, 1.807) is 24.0 Å². The van der Waals surface area contributed by atoms with Crippen LogP contribution in [0.5, 0.6) is 0 Å². The zero-order chi connectivity index (χ0) is 18.8. The highest BCUT2D eigenvalue weighted by Crippen LogP contribution is 2.44. The first-order valence-electron chi connectivity index (χ1n) is 8.30. The highest BCUT2D eigenvalue weighted by atomic mass is 35.5. The fourth-order valence-corrected chi connectivity index (χ4v) is 4.28. The Kier molecular flexibility index (Phi) is 5.53. The van der Waals surface area contributed by atoms with Crippen LogP contribution in [0, 0.1) is 0 Å². The lowest BCUT2D eigenvalue weighted by Crippen LogP contribution is -2.40. The van der Waals surface area contributed by atoms with Gasteiger partial charge in [-0.3, -0.25) is 9.69 Å². The smallest absolute Gasteiger partial charge is 0.338 e. The van der Waals surface area contributed by atoms with Crippen LogP contribution in [0.3, 0.4) is 0 Å². The van der Waals surface area contributed by atoms with Crippen molar-refractivity contribution >= 4 is 40.4 Å². The Balaban J connectivity index is 2.10. The number of ether oxygens (including phenoxy) is 1. The van der Waals surface area contributed by atoms with E-state index >= 15 is 0 Å². The first-order chi connectivity index (χ1) is 12.5. The van der Waals surface area contributed by atoms with E-state index in [1.165, 1.54) is 17.8 Å². The molecular formula is C19H19ClN2O3S. The molecule has 2 heterocycles. The summed E-state index contributed by atoms with van der Waals surface area (Å²) in [6.07, 6.45) is 2.20. The second-order valence-corrected chi connectivity index (χ2v) is 7.56. The van der Waals surface area contributed by atoms with Crippen molar-refractivity contribution in [2.24, 2.45) is 4.99 Å². The number of benzene rings is 1. The number of hydrogen-bond donors (Lipinski definition) is 0. The van der Waals surface area contributed by atoms with Gasteiger partial charge >= 0.3 is 5.97 Å². The molecule has 1 fully saturated rings. The number of hydrogen-bond acceptors (Lipinski definition) is 5. The van der Waals surface area contributed by atoms with E-state index in [2.05, 4.69) is 11.6 Å². The van der Waals surface area contributed by atoms with Gasteiger partial charge in [0.05, 0.1) is 22.6 Å². The molecule has 0 spiro atoms. The summed E-state index contributed by atoms with van der Waals surface area (Å²) in [4.78, 5) is 31.7. The molecule has 5 nitrogen and oxygen atoms in total. The van der Waals surface area contributed by atoms with Crippen LogP contribution in [0.4, 0.5) is 0 Å². The van der Waals surface area contributed by atoms with E-state index in [0.717, 1.165) is 5.56 Å². The van der Waals surface area contributed by atoms with Crippen molar-refractivity contribution in [2.45, 2.75) is 31.6 Å². The lowest BCUT2D eigenvalue weighted by atomic mass is 9.94. The zero-order valence-electron chi connectivity index (χ0n) is 14.6. The highest BCUT2D eigenvalue weighted by molar-refractivity contribution is 8.15. The van der Waals surface area contributed by atoms with Gasteiger partial charge in [0, 0.05) is 5.02 Å². The Morgan fingerprint density at radius 3 is 2.73 bits per heavy atom. The molecule has 7 heteroatoms. The van der Waals surface area contributed by atoms with Crippen LogP contribution in [0.15, 0.2) is 53.2 Å². The molecule has 1 amide bonds. The first-order valence-corrected chi connectivity index (χ1v) is 9.56. The molecule has 1 saturated heterocycles. The van der Waals surface area contributed by atoms with Gasteiger partial charge in [0.2, 0.25) is 5.91 Å². The molecular weight excluding hydrogens is 372 g/mol. The van der Waals surface area contributed by atoms with Crippen LogP contribution in [-0.2, 0) is 14.3 Å². The third kappa shape index (κ3) is 3.31. The van der Waals surface area contributed by atoms with Gasteiger partial charge in [-0.15, -0.1) is 0 Å². The number of amidine groups is 1. The summed E-state index contributed by atoms with van der Waals surface area (Å²) in [5.41, 5.74) is 1.71. The minimum Gasteiger partial charge on any atom is -0.458 e. The van der Waals surface area contributed by atoms with E-state index in [0.29, 0.717) is 27.9 Å². The number of fused-ring (bicyclic) bond motifs is 1. The molecule has 1 aromatic carbocycles. The Morgan fingerprint density at radius 1 is 1.42 bits per heavy atom. The topological polar surface area (TPSA) is 59.0 Å². The summed E-state index contributed by atoms with van der Waals surface area (Å²) in [7, 11) is 0. The number of esters is 1. The zero-order valence-corrected chi connectivity index (χ0v) is 16.1. The molecule has 0 aromatic heterocycles. The molecule has 0 unspecified atom stereocenters. The van der Waals surface area contributed by atoms with Gasteiger partial charge < -0.3 is 4.74 Å². The number of rotatable bonds is 5. The largest absolute Gasteiger partial charge is 0.458 e. The fraction of sp³-hybridized carbons (Fsp3) is 0.316. The average Bonchev–Trinajstić information content (AvgIpc) is 2.94. The third-order valence-electron chi connectivity index (χ3n) is 4.26. The number of halogens is 1. The van der Waals surface area contributed by atoms with E-state index in [4.69, 9.17) is 16.3 Å². The lowest BCUT2D eigenvalue weighted by molar-refractivity contribution is -0.139. The van der Waals surface area contributed by atoms with Crippen LogP contribution >= 0.6 is 23.4 Å². The van der Waals surface area contributed by atoms with Gasteiger partial charge in [-0.1, -0.05) is 55.1 Å². The maximum absolute atomic E-state index is 12.9. The van der Waals surface area contributed by atoms with Crippen LogP contribution in [0.25, 0.3) is 0 Å². The van der Waals surface area contributed by atoms with Gasteiger partial charge in [-0.2, -0.15) is 0 Å². The van der Waals surface area contributed by atoms with Crippen LogP contribution in [0.2, 0.25) is 5.02 Å². The first kappa shape index (κ1) is 18.7. The molecule has 136 valence electrons. The molecule has 1 aromatic rings. The summed E-state index contributed by atoms with van der Waals surface area (Å²) in [6.45, 7) is 7.39. The molecule has 0 bridgehead atoms. The monoisotopic (exact) mass is 390 g/mol. The number of aliphatic imine (C=N–C) groups is 1. The number of nitrogens with zero attached hydrogens (tertiary/aromatic N) is 2. The summed E-state index contributed by atoms with van der Waals surface area (Å²) in [5, 5.41) is 1.02. The SMILES string of the molecule is C=CCOC(=O)C1=C(C)N=C2S[C@@H](CC)C(=O)N2[C@@H]1c1ccc(Cl)cc1. The number of allylic oxidation sites excluding steroid dienone is 1. The fourth-order valence-electron chi connectivity index (χ4n) is 3.02. The van der Waals surface area contributed by atoms with Crippen molar-refractivity contribution in [1.29, 1.82) is 0 Å². The third-order valence-corrected chi connectivity index (χ3v) is 5.83. The van der Waals surface area contributed by atoms with E-state index in [-0.39, 0.29) is 17.8 Å². The lowest BCUT2D eigenvalue weighted by Gasteiger charge is -2.33. The van der Waals surface area contributed by atoms with Gasteiger partial charge in [0.15, 0.2) is 5.17 Å². The number of carbonyl (C=O) groups is 2. The molecule has 2 aliphatic rings. The molecule has 0 saturated carbocycles. The number of carbonyl (C=O) groups excluding carboxylic acids is 2. The molecule has 2 atom stereocenters. The Morgan fingerprint density at radius 2 is 2.12 bits per heavy atom. The molecule has 0 radical (unpaired) electrons. The van der Waals surface area contributed by atoms with Crippen LogP contribution < -0.4 is 0 Å². The summed E-state index contributed by atoms with van der Waals surface area (Å²) in [5.74, 6) is -0.541. The van der Waals surface area contributed by atoms with Crippen molar-refractivity contribution in [2.75, 3.05) is 6.61 Å². The Labute approximate surface area is 161 Å². The Hall–Kier alpha value is -2.05.